The SMILES string of the molecule is c1ccc(-c2cc(-c3cccnc3)cc(-c3nc(-c4ccc5c(c4)-c4ccccc4C54c5ccccc5Oc5ccccc54)c4sc5ccccc5c4n3)c2)cc1. The molecule has 0 unspecified atom stereocenters. The van der Waals surface area contributed by atoms with Crippen molar-refractivity contribution >= 4 is 31.6 Å². The van der Waals surface area contributed by atoms with Gasteiger partial charge in [-0.15, -0.1) is 11.3 Å². The minimum Gasteiger partial charge on any atom is -0.457 e. The Kier molecular flexibility index (Phi) is 6.98. The van der Waals surface area contributed by atoms with Gasteiger partial charge in [0.1, 0.15) is 11.5 Å². The van der Waals surface area contributed by atoms with Gasteiger partial charge in [0.15, 0.2) is 5.82 Å². The number of pyridine rings is 1. The summed E-state index contributed by atoms with van der Waals surface area (Å²) in [5, 5.41) is 1.13. The Labute approximate surface area is 333 Å². The summed E-state index contributed by atoms with van der Waals surface area (Å²) in [6.45, 7) is 0. The topological polar surface area (TPSA) is 47.9 Å². The predicted molar refractivity (Wildman–Crippen MR) is 232 cm³/mol. The zero-order chi connectivity index (χ0) is 37.5. The second-order valence-corrected chi connectivity index (χ2v) is 15.8. The quantitative estimate of drug-likeness (QED) is 0.180. The summed E-state index contributed by atoms with van der Waals surface area (Å²) in [5.74, 6) is 2.46. The van der Waals surface area contributed by atoms with Gasteiger partial charge in [0, 0.05) is 50.3 Å². The molecule has 12 rings (SSSR count). The largest absolute Gasteiger partial charge is 0.457 e. The lowest BCUT2D eigenvalue weighted by Gasteiger charge is -2.39. The van der Waals surface area contributed by atoms with Crippen LogP contribution in [-0.4, -0.2) is 15.0 Å². The van der Waals surface area contributed by atoms with Crippen LogP contribution in [0.15, 0.2) is 188 Å². The Hall–Kier alpha value is -7.21. The number of ether oxygens (including phenoxy) is 1. The predicted octanol–water partition coefficient (Wildman–Crippen LogP) is 13.4. The zero-order valence-corrected chi connectivity index (χ0v) is 31.4. The Bertz CT molecular complexity index is 3120. The van der Waals surface area contributed by atoms with E-state index in [4.69, 9.17) is 14.7 Å². The molecule has 0 saturated heterocycles. The van der Waals surface area contributed by atoms with Crippen LogP contribution in [0.1, 0.15) is 22.3 Å². The van der Waals surface area contributed by atoms with Gasteiger partial charge >= 0.3 is 0 Å². The molecule has 3 aromatic heterocycles. The fourth-order valence-electron chi connectivity index (χ4n) is 9.18. The fourth-order valence-corrected chi connectivity index (χ4v) is 10.3. The van der Waals surface area contributed by atoms with Crippen molar-refractivity contribution in [3.8, 4) is 67.5 Å². The number of thiophene rings is 1. The van der Waals surface area contributed by atoms with E-state index in [1.54, 1.807) is 11.3 Å². The van der Waals surface area contributed by atoms with Gasteiger partial charge < -0.3 is 4.74 Å². The molecule has 5 heteroatoms. The molecule has 4 heterocycles. The number of aromatic nitrogens is 3. The number of fused-ring (bicyclic) bond motifs is 12. The molecule has 0 amide bonds. The Morgan fingerprint density at radius 2 is 1.11 bits per heavy atom. The van der Waals surface area contributed by atoms with Gasteiger partial charge in [-0.1, -0.05) is 127 Å². The maximum atomic E-state index is 6.57. The highest BCUT2D eigenvalue weighted by atomic mass is 32.1. The van der Waals surface area contributed by atoms with Crippen molar-refractivity contribution in [1.29, 1.82) is 0 Å². The lowest BCUT2D eigenvalue weighted by molar-refractivity contribution is 0.436. The zero-order valence-electron chi connectivity index (χ0n) is 30.6. The maximum Gasteiger partial charge on any atom is 0.160 e. The molecule has 4 nitrogen and oxygen atoms in total. The Morgan fingerprint density at radius 3 is 1.89 bits per heavy atom. The maximum absolute atomic E-state index is 6.57. The number of hydrogen-bond acceptors (Lipinski definition) is 5. The van der Waals surface area contributed by atoms with Crippen LogP contribution in [-0.2, 0) is 5.41 Å². The van der Waals surface area contributed by atoms with Crippen molar-refractivity contribution in [1.82, 2.24) is 15.0 Å². The highest BCUT2D eigenvalue weighted by Crippen LogP contribution is 2.62. The monoisotopic (exact) mass is 745 g/mol. The minimum absolute atomic E-state index is 0.528. The summed E-state index contributed by atoms with van der Waals surface area (Å²) >= 11 is 1.76. The van der Waals surface area contributed by atoms with Crippen molar-refractivity contribution in [2.75, 3.05) is 0 Å². The van der Waals surface area contributed by atoms with E-state index in [-0.39, 0.29) is 0 Å². The first kappa shape index (κ1) is 32.1. The molecule has 0 bridgehead atoms. The number of rotatable bonds is 4. The first-order chi connectivity index (χ1) is 28.2. The summed E-state index contributed by atoms with van der Waals surface area (Å²) in [6.07, 6.45) is 3.73. The van der Waals surface area contributed by atoms with Crippen LogP contribution in [0, 0.1) is 0 Å². The van der Waals surface area contributed by atoms with Crippen LogP contribution >= 0.6 is 11.3 Å². The van der Waals surface area contributed by atoms with Crippen molar-refractivity contribution in [3.05, 3.63) is 211 Å². The molecule has 0 fully saturated rings. The molecule has 0 saturated carbocycles. The van der Waals surface area contributed by atoms with E-state index in [0.717, 1.165) is 77.3 Å². The molecule has 57 heavy (non-hydrogen) atoms. The van der Waals surface area contributed by atoms with Crippen LogP contribution in [0.25, 0.3) is 76.3 Å². The Balaban J connectivity index is 1.12. The standard InChI is InChI=1S/C52H31N3OS/c1-2-13-32(14-3-1)35-27-36(34-15-12-26-53-31-34)29-37(28-35)51-54-48(50-49(55-51)39-17-5-11-23-47(39)57-50)33-24-25-42-40(30-33)38-16-4-6-18-41(38)52(42)43-19-7-9-21-45(43)56-46-22-10-8-20-44(46)52/h1-31H. The number of benzene rings is 7. The number of hydrogen-bond donors (Lipinski definition) is 0. The minimum atomic E-state index is -0.528. The van der Waals surface area contributed by atoms with Crippen LogP contribution in [0.2, 0.25) is 0 Å². The summed E-state index contributed by atoms with van der Waals surface area (Å²) in [6, 6.07) is 62.7. The molecular weight excluding hydrogens is 715 g/mol. The molecule has 0 atom stereocenters. The van der Waals surface area contributed by atoms with Crippen molar-refractivity contribution in [2.24, 2.45) is 0 Å². The summed E-state index contributed by atoms with van der Waals surface area (Å²) in [5.41, 5.74) is 15.0. The van der Waals surface area contributed by atoms with E-state index in [9.17, 15) is 0 Å². The van der Waals surface area contributed by atoms with Gasteiger partial charge in [-0.2, -0.15) is 0 Å². The van der Waals surface area contributed by atoms with Gasteiger partial charge in [-0.3, -0.25) is 4.98 Å². The second-order valence-electron chi connectivity index (χ2n) is 14.7. The first-order valence-corrected chi connectivity index (χ1v) is 20.0. The molecule has 266 valence electrons. The van der Waals surface area contributed by atoms with E-state index < -0.39 is 5.41 Å². The third-order valence-corrected chi connectivity index (χ3v) is 12.8. The molecular formula is C52H31N3OS. The van der Waals surface area contributed by atoms with Gasteiger partial charge in [-0.25, -0.2) is 9.97 Å². The van der Waals surface area contributed by atoms with Gasteiger partial charge in [0.25, 0.3) is 0 Å². The van der Waals surface area contributed by atoms with E-state index in [0.29, 0.717) is 5.82 Å². The number of para-hydroxylation sites is 2. The van der Waals surface area contributed by atoms with Gasteiger partial charge in [0.2, 0.25) is 0 Å². The molecule has 7 aromatic carbocycles. The Morgan fingerprint density at radius 1 is 0.456 bits per heavy atom. The van der Waals surface area contributed by atoms with E-state index >= 15 is 0 Å². The molecule has 2 aliphatic rings. The molecule has 1 aliphatic heterocycles. The van der Waals surface area contributed by atoms with E-state index in [1.807, 2.05) is 18.5 Å². The van der Waals surface area contributed by atoms with Gasteiger partial charge in [-0.05, 0) is 87.5 Å². The third kappa shape index (κ3) is 4.76. The molecule has 1 spiro atoms. The van der Waals surface area contributed by atoms with Crippen LogP contribution in [0.5, 0.6) is 11.5 Å². The van der Waals surface area contributed by atoms with Crippen LogP contribution in [0.4, 0.5) is 0 Å². The highest BCUT2D eigenvalue weighted by molar-refractivity contribution is 7.26. The van der Waals surface area contributed by atoms with E-state index in [2.05, 4.69) is 175 Å². The third-order valence-electron chi connectivity index (χ3n) is 11.6. The van der Waals surface area contributed by atoms with Crippen molar-refractivity contribution < 1.29 is 4.74 Å². The molecule has 1 aliphatic carbocycles. The summed E-state index contributed by atoms with van der Waals surface area (Å²) in [4.78, 5) is 15.4. The normalized spacial score (nSPS) is 13.2. The first-order valence-electron chi connectivity index (χ1n) is 19.2. The van der Waals surface area contributed by atoms with E-state index in [1.165, 1.54) is 27.0 Å². The van der Waals surface area contributed by atoms with Crippen LogP contribution < -0.4 is 4.74 Å². The summed E-state index contributed by atoms with van der Waals surface area (Å²) in [7, 11) is 0. The summed E-state index contributed by atoms with van der Waals surface area (Å²) < 4.78 is 8.84. The lowest BCUT2D eigenvalue weighted by Crippen LogP contribution is -2.32. The van der Waals surface area contributed by atoms with Crippen LogP contribution in [0.3, 0.4) is 0 Å². The highest BCUT2D eigenvalue weighted by Gasteiger charge is 2.51. The molecule has 10 aromatic rings. The molecule has 0 radical (unpaired) electrons. The van der Waals surface area contributed by atoms with Gasteiger partial charge in [0.05, 0.1) is 21.3 Å². The fraction of sp³-hybridized carbons (Fsp3) is 0.0192. The van der Waals surface area contributed by atoms with Crippen molar-refractivity contribution in [3.63, 3.8) is 0 Å². The number of nitrogens with zero attached hydrogens (tertiary/aromatic N) is 3. The average molecular weight is 746 g/mol. The second kappa shape index (κ2) is 12.4. The lowest BCUT2D eigenvalue weighted by atomic mass is 9.66. The average Bonchev–Trinajstić information content (AvgIpc) is 3.80. The smallest absolute Gasteiger partial charge is 0.160 e. The van der Waals surface area contributed by atoms with Crippen molar-refractivity contribution in [2.45, 2.75) is 5.41 Å². The molecule has 0 N–H and O–H groups in total.